The summed E-state index contributed by atoms with van der Waals surface area (Å²) in [5, 5.41) is 2.81. The highest BCUT2D eigenvalue weighted by atomic mass is 19.1. The molecule has 1 amide bonds. The molecule has 0 spiro atoms. The minimum atomic E-state index is -0.277. The van der Waals surface area contributed by atoms with E-state index in [1.54, 1.807) is 24.3 Å². The predicted molar refractivity (Wildman–Crippen MR) is 83.9 cm³/mol. The lowest BCUT2D eigenvalue weighted by Gasteiger charge is -2.16. The summed E-state index contributed by atoms with van der Waals surface area (Å²) in [5.74, 6) is 0.866. The number of carbonyl (C=O) groups is 1. The van der Waals surface area contributed by atoms with Crippen LogP contribution < -0.4 is 14.8 Å². The minimum Gasteiger partial charge on any atom is -0.454 e. The number of anilines is 1. The normalized spacial score (nSPS) is 12.5. The molecule has 3 rings (SSSR count). The van der Waals surface area contributed by atoms with Crippen molar-refractivity contribution in [2.24, 2.45) is 0 Å². The third-order valence-corrected chi connectivity index (χ3v) is 3.41. The number of amides is 1. The van der Waals surface area contributed by atoms with Crippen LogP contribution in [0.4, 0.5) is 10.1 Å². The SMILES string of the molecule is CN(CC(=O)Nc1ccc2c(c1)OCO2)Cc1cccc(F)c1. The lowest BCUT2D eigenvalue weighted by molar-refractivity contribution is -0.117. The van der Waals surface area contributed by atoms with Crippen molar-refractivity contribution in [1.82, 2.24) is 4.90 Å². The summed E-state index contributed by atoms with van der Waals surface area (Å²) in [6.45, 7) is 0.889. The number of fused-ring (bicyclic) bond motifs is 1. The standard InChI is InChI=1S/C17H17FN2O3/c1-20(9-12-3-2-4-13(18)7-12)10-17(21)19-14-5-6-15-16(8-14)23-11-22-15/h2-8H,9-11H2,1H3,(H,19,21). The van der Waals surface area contributed by atoms with Crippen LogP contribution in [0.15, 0.2) is 42.5 Å². The van der Waals surface area contributed by atoms with Crippen molar-refractivity contribution < 1.29 is 18.7 Å². The van der Waals surface area contributed by atoms with Gasteiger partial charge in [-0.25, -0.2) is 4.39 Å². The van der Waals surface area contributed by atoms with E-state index in [2.05, 4.69) is 5.32 Å². The number of ether oxygens (including phenoxy) is 2. The van der Waals surface area contributed by atoms with Crippen LogP contribution in [0.25, 0.3) is 0 Å². The van der Waals surface area contributed by atoms with Crippen LogP contribution in [0.3, 0.4) is 0 Å². The van der Waals surface area contributed by atoms with Crippen LogP contribution in [-0.2, 0) is 11.3 Å². The van der Waals surface area contributed by atoms with Gasteiger partial charge in [-0.15, -0.1) is 0 Å². The fourth-order valence-corrected chi connectivity index (χ4v) is 2.42. The second-order valence-electron chi connectivity index (χ2n) is 5.42. The molecule has 0 bridgehead atoms. The van der Waals surface area contributed by atoms with Gasteiger partial charge in [-0.1, -0.05) is 12.1 Å². The van der Waals surface area contributed by atoms with Gasteiger partial charge >= 0.3 is 0 Å². The second-order valence-corrected chi connectivity index (χ2v) is 5.42. The van der Waals surface area contributed by atoms with Crippen LogP contribution in [0.5, 0.6) is 11.5 Å². The third-order valence-electron chi connectivity index (χ3n) is 3.41. The van der Waals surface area contributed by atoms with Crippen LogP contribution in [0, 0.1) is 5.82 Å². The predicted octanol–water partition coefficient (Wildman–Crippen LogP) is 2.62. The number of hydrogen-bond acceptors (Lipinski definition) is 4. The zero-order valence-electron chi connectivity index (χ0n) is 12.7. The van der Waals surface area contributed by atoms with E-state index in [1.165, 1.54) is 12.1 Å². The first-order valence-corrected chi connectivity index (χ1v) is 7.22. The molecule has 1 heterocycles. The molecule has 1 aliphatic rings. The van der Waals surface area contributed by atoms with Crippen LogP contribution in [0.2, 0.25) is 0 Å². The molecule has 0 aromatic heterocycles. The average molecular weight is 316 g/mol. The quantitative estimate of drug-likeness (QED) is 0.921. The molecule has 0 unspecified atom stereocenters. The van der Waals surface area contributed by atoms with Crippen LogP contribution in [-0.4, -0.2) is 31.2 Å². The molecule has 0 fully saturated rings. The molecule has 1 N–H and O–H groups in total. The highest BCUT2D eigenvalue weighted by molar-refractivity contribution is 5.92. The Morgan fingerprint density at radius 2 is 2.04 bits per heavy atom. The number of nitrogens with one attached hydrogen (secondary N) is 1. The number of carbonyl (C=O) groups excluding carboxylic acids is 1. The second kappa shape index (κ2) is 6.66. The van der Waals surface area contributed by atoms with Crippen molar-refractivity contribution in [1.29, 1.82) is 0 Å². The summed E-state index contributed by atoms with van der Waals surface area (Å²) in [4.78, 5) is 13.9. The van der Waals surface area contributed by atoms with E-state index < -0.39 is 0 Å². The Hall–Kier alpha value is -2.60. The van der Waals surface area contributed by atoms with E-state index in [9.17, 15) is 9.18 Å². The summed E-state index contributed by atoms with van der Waals surface area (Å²) in [6, 6.07) is 11.6. The minimum absolute atomic E-state index is 0.150. The van der Waals surface area contributed by atoms with Crippen molar-refractivity contribution in [2.45, 2.75) is 6.54 Å². The van der Waals surface area contributed by atoms with Gasteiger partial charge in [-0.05, 0) is 36.9 Å². The van der Waals surface area contributed by atoms with Gasteiger partial charge in [-0.2, -0.15) is 0 Å². The molecule has 1 aliphatic heterocycles. The highest BCUT2D eigenvalue weighted by Gasteiger charge is 2.14. The van der Waals surface area contributed by atoms with Crippen molar-refractivity contribution in [3.63, 3.8) is 0 Å². The number of halogens is 1. The van der Waals surface area contributed by atoms with Gasteiger partial charge in [0.25, 0.3) is 0 Å². The topological polar surface area (TPSA) is 50.8 Å². The molecule has 23 heavy (non-hydrogen) atoms. The number of hydrogen-bond donors (Lipinski definition) is 1. The molecular weight excluding hydrogens is 299 g/mol. The fraction of sp³-hybridized carbons (Fsp3) is 0.235. The van der Waals surface area contributed by atoms with Gasteiger partial charge in [0.2, 0.25) is 12.7 Å². The highest BCUT2D eigenvalue weighted by Crippen LogP contribution is 2.34. The zero-order valence-corrected chi connectivity index (χ0v) is 12.7. The first kappa shape index (κ1) is 15.3. The van der Waals surface area contributed by atoms with E-state index in [0.29, 0.717) is 23.7 Å². The molecule has 120 valence electrons. The summed E-state index contributed by atoms with van der Waals surface area (Å²) in [7, 11) is 1.81. The van der Waals surface area contributed by atoms with E-state index in [0.717, 1.165) is 5.56 Å². The van der Waals surface area contributed by atoms with Crippen molar-refractivity contribution in [3.8, 4) is 11.5 Å². The number of rotatable bonds is 5. The fourth-order valence-electron chi connectivity index (χ4n) is 2.42. The van der Waals surface area contributed by atoms with Crippen LogP contribution >= 0.6 is 0 Å². The number of likely N-dealkylation sites (N-methyl/N-ethyl adjacent to an activating group) is 1. The van der Waals surface area contributed by atoms with E-state index >= 15 is 0 Å². The third kappa shape index (κ3) is 3.98. The van der Waals surface area contributed by atoms with Gasteiger partial charge in [-0.3, -0.25) is 9.69 Å². The molecule has 0 radical (unpaired) electrons. The lowest BCUT2D eigenvalue weighted by atomic mass is 10.2. The van der Waals surface area contributed by atoms with E-state index in [4.69, 9.17) is 9.47 Å². The Balaban J connectivity index is 1.54. The first-order chi connectivity index (χ1) is 11.1. The zero-order chi connectivity index (χ0) is 16.2. The molecule has 2 aromatic rings. The molecule has 0 saturated heterocycles. The van der Waals surface area contributed by atoms with Gasteiger partial charge in [0.15, 0.2) is 11.5 Å². The number of nitrogens with zero attached hydrogens (tertiary/aromatic N) is 1. The summed E-state index contributed by atoms with van der Waals surface area (Å²) < 4.78 is 23.7. The monoisotopic (exact) mass is 316 g/mol. The molecule has 6 heteroatoms. The molecule has 0 atom stereocenters. The molecular formula is C17H17FN2O3. The van der Waals surface area contributed by atoms with Crippen molar-refractivity contribution in [3.05, 3.63) is 53.8 Å². The maximum absolute atomic E-state index is 13.2. The maximum atomic E-state index is 13.2. The largest absolute Gasteiger partial charge is 0.454 e. The van der Waals surface area contributed by atoms with Crippen molar-refractivity contribution in [2.75, 3.05) is 25.7 Å². The average Bonchev–Trinajstić information content (AvgIpc) is 2.94. The van der Waals surface area contributed by atoms with Crippen molar-refractivity contribution >= 4 is 11.6 Å². The number of benzene rings is 2. The summed E-state index contributed by atoms with van der Waals surface area (Å²) in [5.41, 5.74) is 1.47. The Kier molecular flexibility index (Phi) is 4.43. The van der Waals surface area contributed by atoms with E-state index in [-0.39, 0.29) is 25.1 Å². The molecule has 0 saturated carbocycles. The Bertz CT molecular complexity index is 721. The van der Waals surface area contributed by atoms with E-state index in [1.807, 2.05) is 18.0 Å². The Morgan fingerprint density at radius 1 is 1.22 bits per heavy atom. The van der Waals surface area contributed by atoms with Gasteiger partial charge in [0.05, 0.1) is 6.54 Å². The molecule has 0 aliphatic carbocycles. The molecule has 2 aromatic carbocycles. The Labute approximate surface area is 133 Å². The van der Waals surface area contributed by atoms with Gasteiger partial charge in [0, 0.05) is 18.3 Å². The van der Waals surface area contributed by atoms with Gasteiger partial charge < -0.3 is 14.8 Å². The lowest BCUT2D eigenvalue weighted by Crippen LogP contribution is -2.29. The first-order valence-electron chi connectivity index (χ1n) is 7.22. The van der Waals surface area contributed by atoms with Crippen LogP contribution in [0.1, 0.15) is 5.56 Å². The summed E-state index contributed by atoms with van der Waals surface area (Å²) >= 11 is 0. The smallest absolute Gasteiger partial charge is 0.238 e. The Morgan fingerprint density at radius 3 is 2.87 bits per heavy atom. The van der Waals surface area contributed by atoms with Gasteiger partial charge in [0.1, 0.15) is 5.82 Å². The maximum Gasteiger partial charge on any atom is 0.238 e. The summed E-state index contributed by atoms with van der Waals surface area (Å²) in [6.07, 6.45) is 0. The molecule has 5 nitrogen and oxygen atoms in total.